The monoisotopic (exact) mass is 220 g/mol. The van der Waals surface area contributed by atoms with Crippen LogP contribution in [-0.4, -0.2) is 24.5 Å². The molecule has 0 spiro atoms. The third kappa shape index (κ3) is 2.83. The quantitative estimate of drug-likeness (QED) is 0.848. The Morgan fingerprint density at radius 3 is 2.06 bits per heavy atom. The highest BCUT2D eigenvalue weighted by molar-refractivity contribution is 5.33. The molecule has 0 aliphatic carbocycles. The van der Waals surface area contributed by atoms with Crippen molar-refractivity contribution < 1.29 is 0 Å². The molecule has 0 aliphatic rings. The molecule has 0 radical (unpaired) electrons. The Morgan fingerprint density at radius 2 is 1.69 bits per heavy atom. The number of nitrogens with zero attached hydrogens (tertiary/aromatic N) is 1. The van der Waals surface area contributed by atoms with Crippen molar-refractivity contribution in [1.82, 2.24) is 4.90 Å². The Labute approximate surface area is 99.5 Å². The summed E-state index contributed by atoms with van der Waals surface area (Å²) in [7, 11) is 4.16. The van der Waals surface area contributed by atoms with E-state index < -0.39 is 0 Å². The highest BCUT2D eigenvalue weighted by Crippen LogP contribution is 2.29. The zero-order valence-corrected chi connectivity index (χ0v) is 11.3. The van der Waals surface area contributed by atoms with E-state index in [9.17, 15) is 0 Å². The number of likely N-dealkylation sites (N-methyl/N-ethyl adjacent to an activating group) is 1. The third-order valence-corrected chi connectivity index (χ3v) is 3.07. The van der Waals surface area contributed by atoms with Gasteiger partial charge in [-0.15, -0.1) is 0 Å². The van der Waals surface area contributed by atoms with E-state index in [1.54, 1.807) is 0 Å². The summed E-state index contributed by atoms with van der Waals surface area (Å²) in [6.45, 7) is 8.44. The van der Waals surface area contributed by atoms with Crippen molar-refractivity contribution in [3.63, 3.8) is 0 Å². The van der Waals surface area contributed by atoms with Crippen molar-refractivity contribution in [2.45, 2.75) is 39.3 Å². The topological polar surface area (TPSA) is 29.3 Å². The van der Waals surface area contributed by atoms with Crippen LogP contribution in [-0.2, 0) is 0 Å². The van der Waals surface area contributed by atoms with Crippen molar-refractivity contribution in [3.8, 4) is 0 Å². The molecule has 2 heteroatoms. The van der Waals surface area contributed by atoms with Crippen molar-refractivity contribution in [2.24, 2.45) is 5.73 Å². The van der Waals surface area contributed by atoms with Crippen LogP contribution in [0, 0.1) is 13.8 Å². The molecule has 0 aromatic heterocycles. The lowest BCUT2D eigenvalue weighted by Gasteiger charge is -2.36. The minimum Gasteiger partial charge on any atom is -0.324 e. The van der Waals surface area contributed by atoms with Gasteiger partial charge in [0, 0.05) is 5.54 Å². The summed E-state index contributed by atoms with van der Waals surface area (Å²) in [5, 5.41) is 0. The zero-order chi connectivity index (χ0) is 12.5. The Kier molecular flexibility index (Phi) is 3.76. The van der Waals surface area contributed by atoms with E-state index in [1.165, 1.54) is 16.7 Å². The Morgan fingerprint density at radius 1 is 1.12 bits per heavy atom. The molecule has 2 N–H and O–H groups in total. The van der Waals surface area contributed by atoms with Crippen LogP contribution in [0.25, 0.3) is 0 Å². The molecule has 1 unspecified atom stereocenters. The number of hydrogen-bond donors (Lipinski definition) is 1. The number of aryl methyl sites for hydroxylation is 2. The number of hydrogen-bond acceptors (Lipinski definition) is 2. The maximum absolute atomic E-state index is 6.26. The molecule has 1 rings (SSSR count). The highest BCUT2D eigenvalue weighted by Gasteiger charge is 2.28. The fourth-order valence-electron chi connectivity index (χ4n) is 2.33. The fourth-order valence-corrected chi connectivity index (χ4v) is 2.33. The van der Waals surface area contributed by atoms with Crippen LogP contribution in [0.3, 0.4) is 0 Å². The SMILES string of the molecule is Cc1ccc(C(N(C)C)C(C)(C)N)cc1C. The molecule has 1 aromatic rings. The summed E-state index contributed by atoms with van der Waals surface area (Å²) in [6.07, 6.45) is 0. The molecular weight excluding hydrogens is 196 g/mol. The first-order valence-electron chi connectivity index (χ1n) is 5.76. The summed E-state index contributed by atoms with van der Waals surface area (Å²) < 4.78 is 0. The van der Waals surface area contributed by atoms with Gasteiger partial charge in [0.15, 0.2) is 0 Å². The maximum atomic E-state index is 6.26. The standard InChI is InChI=1S/C14H24N2/c1-10-7-8-12(9-11(10)2)13(16(5)6)14(3,4)15/h7-9,13H,15H2,1-6H3. The zero-order valence-electron chi connectivity index (χ0n) is 11.3. The van der Waals surface area contributed by atoms with E-state index in [2.05, 4.69) is 64.9 Å². The molecule has 16 heavy (non-hydrogen) atoms. The largest absolute Gasteiger partial charge is 0.324 e. The van der Waals surface area contributed by atoms with E-state index in [0.29, 0.717) is 0 Å². The second kappa shape index (κ2) is 4.56. The molecule has 0 aliphatic heterocycles. The lowest BCUT2D eigenvalue weighted by atomic mass is 9.87. The minimum atomic E-state index is -0.245. The number of rotatable bonds is 3. The van der Waals surface area contributed by atoms with Crippen LogP contribution < -0.4 is 5.73 Å². The van der Waals surface area contributed by atoms with Gasteiger partial charge in [-0.25, -0.2) is 0 Å². The van der Waals surface area contributed by atoms with Gasteiger partial charge < -0.3 is 10.6 Å². The first-order valence-corrected chi connectivity index (χ1v) is 5.76. The summed E-state index contributed by atoms with van der Waals surface area (Å²) in [6, 6.07) is 6.84. The molecule has 0 bridgehead atoms. The van der Waals surface area contributed by atoms with Gasteiger partial charge in [0.2, 0.25) is 0 Å². The first-order chi connectivity index (χ1) is 7.23. The minimum absolute atomic E-state index is 0.242. The molecule has 90 valence electrons. The van der Waals surface area contributed by atoms with Crippen molar-refractivity contribution >= 4 is 0 Å². The van der Waals surface area contributed by atoms with E-state index in [4.69, 9.17) is 5.73 Å². The van der Waals surface area contributed by atoms with Crippen LogP contribution in [0.4, 0.5) is 0 Å². The van der Waals surface area contributed by atoms with Crippen molar-refractivity contribution in [1.29, 1.82) is 0 Å². The Hall–Kier alpha value is -0.860. The predicted molar refractivity (Wildman–Crippen MR) is 70.6 cm³/mol. The number of nitrogens with two attached hydrogens (primary N) is 1. The molecule has 0 amide bonds. The maximum Gasteiger partial charge on any atom is 0.0517 e. The van der Waals surface area contributed by atoms with Gasteiger partial charge in [0.1, 0.15) is 0 Å². The Balaban J connectivity index is 3.17. The van der Waals surface area contributed by atoms with Crippen molar-refractivity contribution in [2.75, 3.05) is 14.1 Å². The van der Waals surface area contributed by atoms with Crippen LogP contribution >= 0.6 is 0 Å². The van der Waals surface area contributed by atoms with E-state index in [-0.39, 0.29) is 11.6 Å². The summed E-state index contributed by atoms with van der Waals surface area (Å²) in [5.41, 5.74) is 9.96. The fraction of sp³-hybridized carbons (Fsp3) is 0.571. The van der Waals surface area contributed by atoms with Gasteiger partial charge in [-0.05, 0) is 58.5 Å². The van der Waals surface area contributed by atoms with Gasteiger partial charge in [0.05, 0.1) is 6.04 Å². The lowest BCUT2D eigenvalue weighted by Crippen LogP contribution is -2.45. The summed E-state index contributed by atoms with van der Waals surface area (Å²) >= 11 is 0. The van der Waals surface area contributed by atoms with Gasteiger partial charge in [-0.1, -0.05) is 18.2 Å². The molecular formula is C14H24N2. The average molecular weight is 220 g/mol. The van der Waals surface area contributed by atoms with Gasteiger partial charge in [-0.2, -0.15) is 0 Å². The Bertz CT molecular complexity index is 361. The molecule has 0 fully saturated rings. The second-order valence-electron chi connectivity index (χ2n) is 5.53. The van der Waals surface area contributed by atoms with Crippen molar-refractivity contribution in [3.05, 3.63) is 34.9 Å². The number of benzene rings is 1. The summed E-state index contributed by atoms with van der Waals surface area (Å²) in [4.78, 5) is 2.18. The average Bonchev–Trinajstić information content (AvgIpc) is 2.08. The molecule has 1 aromatic carbocycles. The summed E-state index contributed by atoms with van der Waals surface area (Å²) in [5.74, 6) is 0. The molecule has 2 nitrogen and oxygen atoms in total. The van der Waals surface area contributed by atoms with Gasteiger partial charge >= 0.3 is 0 Å². The highest BCUT2D eigenvalue weighted by atomic mass is 15.1. The smallest absolute Gasteiger partial charge is 0.0517 e. The second-order valence-corrected chi connectivity index (χ2v) is 5.53. The molecule has 0 saturated carbocycles. The van der Waals surface area contributed by atoms with Crippen LogP contribution in [0.15, 0.2) is 18.2 Å². The van der Waals surface area contributed by atoms with Crippen LogP contribution in [0.2, 0.25) is 0 Å². The normalized spacial score (nSPS) is 14.2. The first kappa shape index (κ1) is 13.2. The van der Waals surface area contributed by atoms with Crippen LogP contribution in [0.5, 0.6) is 0 Å². The lowest BCUT2D eigenvalue weighted by molar-refractivity contribution is 0.204. The molecule has 1 atom stereocenters. The molecule has 0 heterocycles. The predicted octanol–water partition coefficient (Wildman–Crippen LogP) is 2.64. The molecule has 0 saturated heterocycles. The van der Waals surface area contributed by atoms with E-state index in [0.717, 1.165) is 0 Å². The third-order valence-electron chi connectivity index (χ3n) is 3.07. The van der Waals surface area contributed by atoms with Gasteiger partial charge in [-0.3, -0.25) is 0 Å². The van der Waals surface area contributed by atoms with Crippen LogP contribution in [0.1, 0.15) is 36.6 Å². The van der Waals surface area contributed by atoms with Gasteiger partial charge in [0.25, 0.3) is 0 Å². The van der Waals surface area contributed by atoms with E-state index >= 15 is 0 Å². The van der Waals surface area contributed by atoms with E-state index in [1.807, 2.05) is 0 Å².